The second-order valence-corrected chi connectivity index (χ2v) is 9.36. The summed E-state index contributed by atoms with van der Waals surface area (Å²) >= 11 is 12.1. The van der Waals surface area contributed by atoms with Crippen molar-refractivity contribution in [3.63, 3.8) is 0 Å². The molecule has 5 rings (SSSR count). The van der Waals surface area contributed by atoms with Crippen molar-refractivity contribution in [1.29, 1.82) is 0 Å². The number of halogens is 1. The minimum atomic E-state index is -0.112. The fraction of sp³-hybridized carbons (Fsp3) is 0.185. The standard InChI is InChI=1S/C27H25ClN4OS/c1-17-14-21(18(2)32(17)23-15-20(28)11-12-24(23)33)26-25(22-10-6-7-13-29-22)30-27(34)31(26)16-19-8-4-3-5-9-19/h3-15,25-26,33H,16H2,1-2H3,(H,30,34)/t25-,26-/m1/s1. The van der Waals surface area contributed by atoms with E-state index in [0.29, 0.717) is 22.4 Å². The third kappa shape index (κ3) is 4.04. The van der Waals surface area contributed by atoms with E-state index < -0.39 is 0 Å². The maximum Gasteiger partial charge on any atom is 0.170 e. The maximum atomic E-state index is 10.6. The summed E-state index contributed by atoms with van der Waals surface area (Å²) in [6, 6.07) is 23.4. The van der Waals surface area contributed by atoms with Crippen molar-refractivity contribution in [2.75, 3.05) is 0 Å². The van der Waals surface area contributed by atoms with Gasteiger partial charge in [0.25, 0.3) is 0 Å². The molecule has 0 saturated carbocycles. The van der Waals surface area contributed by atoms with E-state index in [-0.39, 0.29) is 17.8 Å². The number of aryl methyl sites for hydroxylation is 1. The van der Waals surface area contributed by atoms with Crippen LogP contribution in [0.1, 0.15) is 40.3 Å². The van der Waals surface area contributed by atoms with Gasteiger partial charge >= 0.3 is 0 Å². The van der Waals surface area contributed by atoms with Crippen LogP contribution in [0.5, 0.6) is 5.75 Å². The summed E-state index contributed by atoms with van der Waals surface area (Å²) in [5.74, 6) is 0.181. The van der Waals surface area contributed by atoms with Gasteiger partial charge in [-0.2, -0.15) is 0 Å². The Bertz CT molecular complexity index is 1340. The topological polar surface area (TPSA) is 53.3 Å². The molecular weight excluding hydrogens is 464 g/mol. The van der Waals surface area contributed by atoms with Crippen LogP contribution in [0.4, 0.5) is 0 Å². The van der Waals surface area contributed by atoms with E-state index in [1.165, 1.54) is 5.56 Å². The predicted molar refractivity (Wildman–Crippen MR) is 139 cm³/mol. The number of hydrogen-bond acceptors (Lipinski definition) is 3. The zero-order chi connectivity index (χ0) is 23.8. The van der Waals surface area contributed by atoms with Crippen molar-refractivity contribution >= 4 is 28.9 Å². The SMILES string of the molecule is Cc1cc([C@@H]2[C@@H](c3ccccn3)NC(=S)N2Cc2ccccc2)c(C)n1-c1cc(Cl)ccc1O. The number of aromatic hydroxyl groups is 1. The van der Waals surface area contributed by atoms with Gasteiger partial charge in [0.1, 0.15) is 5.75 Å². The van der Waals surface area contributed by atoms with E-state index in [4.69, 9.17) is 23.8 Å². The summed E-state index contributed by atoms with van der Waals surface area (Å²) in [4.78, 5) is 6.87. The largest absolute Gasteiger partial charge is 0.506 e. The first-order valence-corrected chi connectivity index (χ1v) is 11.9. The highest BCUT2D eigenvalue weighted by atomic mass is 35.5. The highest BCUT2D eigenvalue weighted by molar-refractivity contribution is 7.80. The number of benzene rings is 2. The number of thiocarbonyl (C=S) groups is 1. The minimum absolute atomic E-state index is 0.0797. The Balaban J connectivity index is 1.64. The number of nitrogens with zero attached hydrogens (tertiary/aromatic N) is 3. The fourth-order valence-electron chi connectivity index (χ4n) is 4.83. The smallest absolute Gasteiger partial charge is 0.170 e. The maximum absolute atomic E-state index is 10.6. The molecule has 2 aromatic heterocycles. The lowest BCUT2D eigenvalue weighted by atomic mass is 9.96. The number of rotatable bonds is 5. The second kappa shape index (κ2) is 9.12. The average molecular weight is 489 g/mol. The van der Waals surface area contributed by atoms with Gasteiger partial charge in [-0.1, -0.05) is 48.0 Å². The van der Waals surface area contributed by atoms with Crippen LogP contribution in [-0.4, -0.2) is 24.7 Å². The van der Waals surface area contributed by atoms with E-state index in [9.17, 15) is 5.11 Å². The first kappa shape index (κ1) is 22.4. The molecule has 2 N–H and O–H groups in total. The Morgan fingerprint density at radius 2 is 1.79 bits per heavy atom. The van der Waals surface area contributed by atoms with Crippen molar-refractivity contribution in [3.8, 4) is 11.4 Å². The number of phenolic OH excluding ortho intramolecular Hbond substituents is 1. The Morgan fingerprint density at radius 1 is 1.03 bits per heavy atom. The van der Waals surface area contributed by atoms with Gasteiger partial charge < -0.3 is 19.9 Å². The Kier molecular flexibility index (Phi) is 6.02. The third-order valence-corrected chi connectivity index (χ3v) is 6.95. The lowest BCUT2D eigenvalue weighted by Gasteiger charge is -2.28. The summed E-state index contributed by atoms with van der Waals surface area (Å²) < 4.78 is 2.05. The highest BCUT2D eigenvalue weighted by Gasteiger charge is 2.41. The van der Waals surface area contributed by atoms with Crippen LogP contribution < -0.4 is 5.32 Å². The summed E-state index contributed by atoms with van der Waals surface area (Å²) in [7, 11) is 0. The Hall–Kier alpha value is -3.35. The molecule has 2 aromatic carbocycles. The molecule has 0 amide bonds. The van der Waals surface area contributed by atoms with Gasteiger partial charge in [0.15, 0.2) is 5.11 Å². The van der Waals surface area contributed by atoms with Crippen LogP contribution in [-0.2, 0) is 6.54 Å². The van der Waals surface area contributed by atoms with Gasteiger partial charge in [0.2, 0.25) is 0 Å². The zero-order valence-corrected chi connectivity index (χ0v) is 20.5. The Labute approximate surface area is 209 Å². The molecular formula is C27H25ClN4OS. The van der Waals surface area contributed by atoms with E-state index in [2.05, 4.69) is 40.3 Å². The van der Waals surface area contributed by atoms with Crippen molar-refractivity contribution in [1.82, 2.24) is 19.8 Å². The molecule has 1 aliphatic rings. The number of aromatic nitrogens is 2. The van der Waals surface area contributed by atoms with Gasteiger partial charge in [-0.05, 0) is 73.6 Å². The molecule has 5 nitrogen and oxygen atoms in total. The van der Waals surface area contributed by atoms with Gasteiger partial charge in [0, 0.05) is 29.2 Å². The molecule has 0 aliphatic carbocycles. The molecule has 1 fully saturated rings. The number of phenols is 1. The molecule has 172 valence electrons. The second-order valence-electron chi connectivity index (χ2n) is 8.54. The summed E-state index contributed by atoms with van der Waals surface area (Å²) in [6.45, 7) is 4.78. The first-order chi connectivity index (χ1) is 16.4. The molecule has 7 heteroatoms. The van der Waals surface area contributed by atoms with Crippen molar-refractivity contribution < 1.29 is 5.11 Å². The molecule has 0 unspecified atom stereocenters. The number of nitrogens with one attached hydrogen (secondary N) is 1. The molecule has 0 spiro atoms. The first-order valence-electron chi connectivity index (χ1n) is 11.1. The van der Waals surface area contributed by atoms with Gasteiger partial charge in [-0.15, -0.1) is 0 Å². The van der Waals surface area contributed by atoms with E-state index in [0.717, 1.165) is 22.6 Å². The molecule has 1 aliphatic heterocycles. The summed E-state index contributed by atoms with van der Waals surface area (Å²) in [5.41, 5.74) is 5.91. The highest BCUT2D eigenvalue weighted by Crippen LogP contribution is 2.42. The monoisotopic (exact) mass is 488 g/mol. The zero-order valence-electron chi connectivity index (χ0n) is 18.9. The average Bonchev–Trinajstić information content (AvgIpc) is 3.31. The Morgan fingerprint density at radius 3 is 2.53 bits per heavy atom. The molecule has 0 radical (unpaired) electrons. The molecule has 0 bridgehead atoms. The van der Waals surface area contributed by atoms with Crippen molar-refractivity contribution in [2.24, 2.45) is 0 Å². The lowest BCUT2D eigenvalue weighted by Crippen LogP contribution is -2.29. The third-order valence-electron chi connectivity index (χ3n) is 6.36. The molecule has 2 atom stereocenters. The molecule has 4 aromatic rings. The quantitative estimate of drug-likeness (QED) is 0.336. The summed E-state index contributed by atoms with van der Waals surface area (Å²) in [6.07, 6.45) is 1.81. The van der Waals surface area contributed by atoms with Gasteiger partial charge in [0.05, 0.1) is 23.5 Å². The van der Waals surface area contributed by atoms with E-state index in [1.807, 2.05) is 54.1 Å². The minimum Gasteiger partial charge on any atom is -0.506 e. The van der Waals surface area contributed by atoms with Gasteiger partial charge in [-0.25, -0.2) is 0 Å². The summed E-state index contributed by atoms with van der Waals surface area (Å²) in [5, 5.41) is 15.4. The van der Waals surface area contributed by atoms with Crippen LogP contribution >= 0.6 is 23.8 Å². The van der Waals surface area contributed by atoms with Crippen molar-refractivity contribution in [3.05, 3.63) is 112 Å². The fourth-order valence-corrected chi connectivity index (χ4v) is 5.30. The normalized spacial score (nSPS) is 17.7. The predicted octanol–water partition coefficient (Wildman–Crippen LogP) is 6.02. The molecule has 1 saturated heterocycles. The van der Waals surface area contributed by atoms with Crippen LogP contribution in [0, 0.1) is 13.8 Å². The van der Waals surface area contributed by atoms with E-state index >= 15 is 0 Å². The van der Waals surface area contributed by atoms with Crippen LogP contribution in [0.15, 0.2) is 79.0 Å². The molecule has 3 heterocycles. The number of hydrogen-bond donors (Lipinski definition) is 2. The van der Waals surface area contributed by atoms with Crippen LogP contribution in [0.25, 0.3) is 5.69 Å². The lowest BCUT2D eigenvalue weighted by molar-refractivity contribution is 0.310. The van der Waals surface area contributed by atoms with Crippen molar-refractivity contribution in [2.45, 2.75) is 32.5 Å². The number of pyridine rings is 1. The van der Waals surface area contributed by atoms with E-state index in [1.54, 1.807) is 18.2 Å². The van der Waals surface area contributed by atoms with Crippen LogP contribution in [0.2, 0.25) is 5.02 Å². The van der Waals surface area contributed by atoms with Crippen LogP contribution in [0.3, 0.4) is 0 Å². The molecule has 34 heavy (non-hydrogen) atoms. The van der Waals surface area contributed by atoms with Gasteiger partial charge in [-0.3, -0.25) is 4.98 Å².